The van der Waals surface area contributed by atoms with Gasteiger partial charge in [-0.1, -0.05) is 51.1 Å². The molecule has 1 aliphatic carbocycles. The topological polar surface area (TPSA) is 108 Å². The SMILES string of the molecule is CCOC(=O)c1c(N=Cc2ccc3c(c2)Cc2cc(C(C)(C=O)CC)ccc2-3)sc(C(N)(CC)CC)c1C(=O)OCC. The van der Waals surface area contributed by atoms with Crippen molar-refractivity contribution in [2.75, 3.05) is 13.2 Å². The first-order valence-electron chi connectivity index (χ1n) is 14.7. The van der Waals surface area contributed by atoms with Crippen LogP contribution in [0.25, 0.3) is 11.1 Å². The van der Waals surface area contributed by atoms with E-state index in [1.165, 1.54) is 22.5 Å². The number of aliphatic imine (C=N–C) groups is 1. The minimum Gasteiger partial charge on any atom is -0.462 e. The number of thiophene rings is 1. The molecular formula is C34H40N2O5S. The maximum Gasteiger partial charge on any atom is 0.342 e. The summed E-state index contributed by atoms with van der Waals surface area (Å²) in [6, 6.07) is 12.5. The van der Waals surface area contributed by atoms with Gasteiger partial charge in [-0.2, -0.15) is 0 Å². The Hall–Kier alpha value is -3.62. The van der Waals surface area contributed by atoms with E-state index in [-0.39, 0.29) is 24.3 Å². The zero-order valence-electron chi connectivity index (χ0n) is 25.3. The van der Waals surface area contributed by atoms with E-state index in [0.29, 0.717) is 22.7 Å². The number of ether oxygens (including phenoxy) is 2. The molecule has 1 heterocycles. The molecule has 1 aromatic heterocycles. The van der Waals surface area contributed by atoms with Crippen LogP contribution in [0.4, 0.5) is 5.00 Å². The highest BCUT2D eigenvalue weighted by Gasteiger charge is 2.38. The lowest BCUT2D eigenvalue weighted by Gasteiger charge is -2.26. The molecule has 2 N–H and O–H groups in total. The summed E-state index contributed by atoms with van der Waals surface area (Å²) in [5.74, 6) is -1.23. The highest BCUT2D eigenvalue weighted by molar-refractivity contribution is 7.16. The fourth-order valence-corrected chi connectivity index (χ4v) is 6.74. The van der Waals surface area contributed by atoms with Crippen molar-refractivity contribution in [3.05, 3.63) is 74.7 Å². The van der Waals surface area contributed by atoms with Gasteiger partial charge in [0.25, 0.3) is 0 Å². The van der Waals surface area contributed by atoms with Crippen LogP contribution in [0.1, 0.15) is 109 Å². The van der Waals surface area contributed by atoms with Gasteiger partial charge in [0.1, 0.15) is 16.9 Å². The van der Waals surface area contributed by atoms with Crippen molar-refractivity contribution < 1.29 is 23.9 Å². The van der Waals surface area contributed by atoms with Gasteiger partial charge in [0.2, 0.25) is 0 Å². The second kappa shape index (κ2) is 12.7. The maximum absolute atomic E-state index is 13.2. The van der Waals surface area contributed by atoms with Crippen LogP contribution in [0.15, 0.2) is 41.4 Å². The summed E-state index contributed by atoms with van der Waals surface area (Å²) in [6.07, 6.45) is 5.37. The molecule has 0 saturated heterocycles. The summed E-state index contributed by atoms with van der Waals surface area (Å²) in [4.78, 5) is 43.5. The number of carbonyl (C=O) groups excluding carboxylic acids is 3. The van der Waals surface area contributed by atoms with Crippen LogP contribution in [0.5, 0.6) is 0 Å². The summed E-state index contributed by atoms with van der Waals surface area (Å²) in [5, 5.41) is 0.365. The molecule has 0 saturated carbocycles. The Balaban J connectivity index is 1.75. The van der Waals surface area contributed by atoms with Crippen molar-refractivity contribution in [2.45, 2.75) is 78.2 Å². The van der Waals surface area contributed by atoms with Crippen molar-refractivity contribution in [2.24, 2.45) is 10.7 Å². The van der Waals surface area contributed by atoms with E-state index in [4.69, 9.17) is 20.2 Å². The highest BCUT2D eigenvalue weighted by Crippen LogP contribution is 2.44. The van der Waals surface area contributed by atoms with Gasteiger partial charge in [-0.15, -0.1) is 11.3 Å². The molecule has 1 unspecified atom stereocenters. The summed E-state index contributed by atoms with van der Waals surface area (Å²) < 4.78 is 10.7. The molecule has 0 spiro atoms. The summed E-state index contributed by atoms with van der Waals surface area (Å²) in [7, 11) is 0. The molecule has 1 atom stereocenters. The molecule has 222 valence electrons. The van der Waals surface area contributed by atoms with Gasteiger partial charge in [-0.25, -0.2) is 14.6 Å². The van der Waals surface area contributed by atoms with E-state index in [1.807, 2.05) is 33.8 Å². The molecule has 4 rings (SSSR count). The number of aldehydes is 1. The zero-order chi connectivity index (χ0) is 30.7. The third-order valence-electron chi connectivity index (χ3n) is 8.45. The Bertz CT molecular complexity index is 1530. The first-order chi connectivity index (χ1) is 20.1. The van der Waals surface area contributed by atoms with Crippen LogP contribution in [-0.4, -0.2) is 37.7 Å². The molecule has 3 aromatic rings. The minimum absolute atomic E-state index is 0.0959. The van der Waals surface area contributed by atoms with Gasteiger partial charge in [-0.3, -0.25) is 0 Å². The molecule has 42 heavy (non-hydrogen) atoms. The van der Waals surface area contributed by atoms with Crippen LogP contribution in [-0.2, 0) is 31.6 Å². The van der Waals surface area contributed by atoms with Gasteiger partial charge in [-0.05, 0) is 85.9 Å². The molecule has 0 radical (unpaired) electrons. The first-order valence-corrected chi connectivity index (χ1v) is 15.5. The lowest BCUT2D eigenvalue weighted by molar-refractivity contribution is -0.112. The lowest BCUT2D eigenvalue weighted by Crippen LogP contribution is -2.36. The molecular weight excluding hydrogens is 548 g/mol. The number of rotatable bonds is 12. The quantitative estimate of drug-likeness (QED) is 0.106. The minimum atomic E-state index is -0.822. The number of hydrogen-bond donors (Lipinski definition) is 1. The molecule has 0 fully saturated rings. The summed E-state index contributed by atoms with van der Waals surface area (Å²) >= 11 is 1.24. The second-order valence-corrected chi connectivity index (χ2v) is 11.9. The van der Waals surface area contributed by atoms with Crippen LogP contribution >= 0.6 is 11.3 Å². The molecule has 2 aromatic carbocycles. The zero-order valence-corrected chi connectivity index (χ0v) is 26.2. The number of hydrogen-bond acceptors (Lipinski definition) is 8. The lowest BCUT2D eigenvalue weighted by atomic mass is 9.80. The predicted molar refractivity (Wildman–Crippen MR) is 168 cm³/mol. The molecule has 7 nitrogen and oxygen atoms in total. The average Bonchev–Trinajstić information content (AvgIpc) is 3.57. The van der Waals surface area contributed by atoms with E-state index in [9.17, 15) is 14.4 Å². The van der Waals surface area contributed by atoms with Crippen LogP contribution < -0.4 is 5.73 Å². The molecule has 0 amide bonds. The second-order valence-electron chi connectivity index (χ2n) is 10.9. The largest absolute Gasteiger partial charge is 0.462 e. The van der Waals surface area contributed by atoms with Crippen LogP contribution in [0.3, 0.4) is 0 Å². The van der Waals surface area contributed by atoms with Crippen molar-refractivity contribution in [3.63, 3.8) is 0 Å². The number of fused-ring (bicyclic) bond motifs is 3. The third kappa shape index (κ3) is 5.70. The van der Waals surface area contributed by atoms with E-state index >= 15 is 0 Å². The standard InChI is InChI=1S/C34H40N2O5S/c1-7-33(6,20-37)24-13-15-26-23(18-24)17-22-16-21(12-14-25(22)26)19-36-30-28(32(39)41-11-5)27(31(38)40-10-4)29(42-30)34(35,8-2)9-3/h12-16,18-20H,7-11,17,35H2,1-6H3. The van der Waals surface area contributed by atoms with Gasteiger partial charge >= 0.3 is 11.9 Å². The fraction of sp³-hybridized carbons (Fsp3) is 0.412. The Labute approximate surface area is 252 Å². The smallest absolute Gasteiger partial charge is 0.342 e. The summed E-state index contributed by atoms with van der Waals surface area (Å²) in [5.41, 5.74) is 12.3. The first kappa shape index (κ1) is 31.3. The predicted octanol–water partition coefficient (Wildman–Crippen LogP) is 7.26. The Kier molecular flexibility index (Phi) is 9.48. The van der Waals surface area contributed by atoms with E-state index in [1.54, 1.807) is 20.1 Å². The third-order valence-corrected chi connectivity index (χ3v) is 9.77. The molecule has 0 bridgehead atoms. The van der Waals surface area contributed by atoms with Crippen molar-refractivity contribution in [1.29, 1.82) is 0 Å². The van der Waals surface area contributed by atoms with E-state index in [2.05, 4.69) is 30.3 Å². The monoisotopic (exact) mass is 588 g/mol. The number of nitrogens with zero attached hydrogens (tertiary/aromatic N) is 1. The molecule has 1 aliphatic rings. The van der Waals surface area contributed by atoms with Crippen molar-refractivity contribution in [1.82, 2.24) is 0 Å². The van der Waals surface area contributed by atoms with Crippen molar-refractivity contribution in [3.8, 4) is 11.1 Å². The number of benzene rings is 2. The van der Waals surface area contributed by atoms with Crippen LogP contribution in [0, 0.1) is 0 Å². The molecule has 0 aliphatic heterocycles. The van der Waals surface area contributed by atoms with Gasteiger partial charge in [0.05, 0.1) is 24.3 Å². The van der Waals surface area contributed by atoms with Gasteiger partial charge in [0.15, 0.2) is 0 Å². The number of carbonyl (C=O) groups is 3. The number of nitrogens with two attached hydrogens (primary N) is 1. The van der Waals surface area contributed by atoms with Gasteiger partial charge in [0, 0.05) is 16.5 Å². The Morgan fingerprint density at radius 3 is 2.07 bits per heavy atom. The highest BCUT2D eigenvalue weighted by atomic mass is 32.1. The van der Waals surface area contributed by atoms with Crippen molar-refractivity contribution >= 4 is 40.8 Å². The van der Waals surface area contributed by atoms with Crippen LogP contribution in [0.2, 0.25) is 0 Å². The summed E-state index contributed by atoms with van der Waals surface area (Å²) in [6.45, 7) is 11.7. The molecule has 8 heteroatoms. The Morgan fingerprint density at radius 1 is 0.905 bits per heavy atom. The number of esters is 2. The maximum atomic E-state index is 13.2. The average molecular weight is 589 g/mol. The normalized spacial score (nSPS) is 13.9. The van der Waals surface area contributed by atoms with E-state index < -0.39 is 22.9 Å². The fourth-order valence-electron chi connectivity index (χ4n) is 5.38. The Morgan fingerprint density at radius 2 is 1.50 bits per heavy atom. The van der Waals surface area contributed by atoms with Gasteiger partial charge < -0.3 is 20.0 Å². The van der Waals surface area contributed by atoms with E-state index in [0.717, 1.165) is 41.4 Å².